The van der Waals surface area contributed by atoms with Crippen molar-refractivity contribution in [3.63, 3.8) is 0 Å². The summed E-state index contributed by atoms with van der Waals surface area (Å²) in [6.07, 6.45) is 1.47. The van der Waals surface area contributed by atoms with Gasteiger partial charge in [-0.05, 0) is 26.0 Å². The molecule has 0 aromatic heterocycles. The molecule has 0 saturated heterocycles. The molecule has 1 rings (SSSR count). The molecule has 0 aliphatic carbocycles. The largest absolute Gasteiger partial charge is 0.371 e. The topological polar surface area (TPSA) is 3.24 Å². The summed E-state index contributed by atoms with van der Waals surface area (Å²) in [7, 11) is 0. The summed E-state index contributed by atoms with van der Waals surface area (Å²) in [5, 5.41) is 0.834. The van der Waals surface area contributed by atoms with Crippen LogP contribution in [0.5, 0.6) is 0 Å². The molecule has 0 aliphatic heterocycles. The Hall–Kier alpha value is -0.400. The van der Waals surface area contributed by atoms with Crippen molar-refractivity contribution >= 4 is 28.9 Å². The maximum atomic E-state index is 6.03. The van der Waals surface area contributed by atoms with Crippen LogP contribution in [0.25, 0.3) is 0 Å². The van der Waals surface area contributed by atoms with Crippen LogP contribution in [0.1, 0.15) is 13.8 Å². The zero-order valence-corrected chi connectivity index (χ0v) is 10.4. The van der Waals surface area contributed by atoms with Crippen LogP contribution in [-0.4, -0.2) is 19.5 Å². The first-order valence-electron chi connectivity index (χ1n) is 4.66. The molecule has 0 unspecified atom stereocenters. The smallest absolute Gasteiger partial charge is 0.0639 e. The summed E-state index contributed by atoms with van der Waals surface area (Å²) >= 11 is 10.7. The van der Waals surface area contributed by atoms with Crippen molar-refractivity contribution in [1.82, 2.24) is 0 Å². The van der Waals surface area contributed by atoms with Crippen molar-refractivity contribution < 1.29 is 0 Å². The van der Waals surface area contributed by atoms with Crippen molar-refractivity contribution in [2.75, 3.05) is 24.4 Å². The van der Waals surface area contributed by atoms with Gasteiger partial charge in [0.15, 0.2) is 0 Å². The number of hydrogen-bond donors (Lipinski definition) is 0. The molecule has 1 aromatic rings. The van der Waals surface area contributed by atoms with E-state index in [4.69, 9.17) is 11.6 Å². The molecule has 0 aliphatic rings. The number of halogens is 2. The van der Waals surface area contributed by atoms with E-state index in [9.17, 15) is 0 Å². The lowest BCUT2D eigenvalue weighted by atomic mass is 10.3. The van der Waals surface area contributed by atoms with Crippen LogP contribution in [0.4, 0.5) is 5.69 Å². The van der Waals surface area contributed by atoms with E-state index in [0.29, 0.717) is 0 Å². The maximum absolute atomic E-state index is 6.03. The van der Waals surface area contributed by atoms with Crippen LogP contribution < -0.4 is 4.90 Å². The minimum absolute atomic E-state index is 0.834. The lowest BCUT2D eigenvalue weighted by Crippen LogP contribution is -2.21. The second-order valence-corrected chi connectivity index (χ2v) is 3.03. The molecule has 80 valence electrons. The number of benzene rings is 1. The lowest BCUT2D eigenvalue weighted by Gasteiger charge is -2.21. The van der Waals surface area contributed by atoms with Gasteiger partial charge in [-0.3, -0.25) is 0 Å². The van der Waals surface area contributed by atoms with E-state index in [1.54, 1.807) is 0 Å². The van der Waals surface area contributed by atoms with E-state index >= 15 is 0 Å². The quantitative estimate of drug-likeness (QED) is 0.713. The first-order chi connectivity index (χ1) is 6.79. The van der Waals surface area contributed by atoms with Crippen molar-refractivity contribution in [1.29, 1.82) is 0 Å². The number of anilines is 1. The van der Waals surface area contributed by atoms with Gasteiger partial charge in [0.25, 0.3) is 0 Å². The van der Waals surface area contributed by atoms with Crippen molar-refractivity contribution in [3.05, 3.63) is 29.3 Å². The summed E-state index contributed by atoms with van der Waals surface area (Å²) in [5.74, 6) is 0. The average Bonchev–Trinajstić information content (AvgIpc) is 2.25. The number of para-hydroxylation sites is 1. The summed E-state index contributed by atoms with van der Waals surface area (Å²) < 4.78 is 0. The number of nitrogens with zero attached hydrogens (tertiary/aromatic N) is 1. The Morgan fingerprint density at radius 3 is 2.00 bits per heavy atom. The number of rotatable bonds is 3. The molecule has 0 atom stereocenters. The Kier molecular flexibility index (Phi) is 7.73. The molecular formula is C11H17Cl2N. The molecule has 0 bridgehead atoms. The third-order valence-electron chi connectivity index (χ3n) is 1.96. The van der Waals surface area contributed by atoms with Gasteiger partial charge in [-0.2, -0.15) is 0 Å². The fourth-order valence-corrected chi connectivity index (χ4v) is 1.53. The van der Waals surface area contributed by atoms with Gasteiger partial charge in [0.2, 0.25) is 0 Å². The Morgan fingerprint density at radius 1 is 1.07 bits per heavy atom. The van der Waals surface area contributed by atoms with Crippen LogP contribution in [0.3, 0.4) is 0 Å². The minimum atomic E-state index is 0.834. The van der Waals surface area contributed by atoms with E-state index in [2.05, 4.69) is 36.4 Å². The second kappa shape index (κ2) is 7.95. The maximum Gasteiger partial charge on any atom is 0.0639 e. The molecule has 1 aromatic carbocycles. The molecule has 0 fully saturated rings. The highest BCUT2D eigenvalue weighted by Gasteiger charge is 2.04. The molecular weight excluding hydrogens is 217 g/mol. The van der Waals surface area contributed by atoms with Crippen LogP contribution in [-0.2, 0) is 0 Å². The predicted octanol–water partition coefficient (Wildman–Crippen LogP) is 4.04. The van der Waals surface area contributed by atoms with Crippen LogP contribution in [0.15, 0.2) is 24.3 Å². The van der Waals surface area contributed by atoms with Gasteiger partial charge in [-0.25, -0.2) is 0 Å². The molecule has 0 amide bonds. The Balaban J connectivity index is 0.000000791. The highest BCUT2D eigenvalue weighted by atomic mass is 35.5. The van der Waals surface area contributed by atoms with E-state index in [0.717, 1.165) is 23.8 Å². The Morgan fingerprint density at radius 2 is 1.57 bits per heavy atom. The van der Waals surface area contributed by atoms with Crippen LogP contribution >= 0.6 is 23.2 Å². The summed E-state index contributed by atoms with van der Waals surface area (Å²) in [6, 6.07) is 7.94. The molecule has 0 radical (unpaired) electrons. The molecule has 14 heavy (non-hydrogen) atoms. The first kappa shape index (κ1) is 13.6. The SMILES string of the molecule is CCN(CC)c1ccccc1Cl.CCl. The molecule has 0 heterocycles. The highest BCUT2D eigenvalue weighted by molar-refractivity contribution is 6.33. The van der Waals surface area contributed by atoms with Gasteiger partial charge in [-0.1, -0.05) is 23.7 Å². The van der Waals surface area contributed by atoms with Gasteiger partial charge < -0.3 is 4.90 Å². The summed E-state index contributed by atoms with van der Waals surface area (Å²) in [6.45, 7) is 6.26. The van der Waals surface area contributed by atoms with Gasteiger partial charge in [-0.15, -0.1) is 11.6 Å². The van der Waals surface area contributed by atoms with Gasteiger partial charge in [0.05, 0.1) is 10.7 Å². The Bertz CT molecular complexity index is 247. The molecule has 0 N–H and O–H groups in total. The predicted molar refractivity (Wildman–Crippen MR) is 66.8 cm³/mol. The summed E-state index contributed by atoms with van der Waals surface area (Å²) in [4.78, 5) is 2.24. The van der Waals surface area contributed by atoms with Crippen molar-refractivity contribution in [3.8, 4) is 0 Å². The highest BCUT2D eigenvalue weighted by Crippen LogP contribution is 2.24. The lowest BCUT2D eigenvalue weighted by molar-refractivity contribution is 0.866. The number of hydrogen-bond acceptors (Lipinski definition) is 1. The van der Waals surface area contributed by atoms with Crippen LogP contribution in [0.2, 0.25) is 5.02 Å². The standard InChI is InChI=1S/C10H14ClN.CH3Cl/c1-3-12(4-2)10-8-6-5-7-9(10)11;1-2/h5-8H,3-4H2,1-2H3;1H3. The zero-order valence-electron chi connectivity index (χ0n) is 8.93. The van der Waals surface area contributed by atoms with Gasteiger partial charge in [0, 0.05) is 19.5 Å². The minimum Gasteiger partial charge on any atom is -0.371 e. The van der Waals surface area contributed by atoms with E-state index in [1.807, 2.05) is 18.2 Å². The average molecular weight is 234 g/mol. The van der Waals surface area contributed by atoms with E-state index in [1.165, 1.54) is 6.38 Å². The Labute approximate surface area is 96.6 Å². The third kappa shape index (κ3) is 3.77. The third-order valence-corrected chi connectivity index (χ3v) is 2.28. The summed E-state index contributed by atoms with van der Waals surface area (Å²) in [5.41, 5.74) is 1.13. The molecule has 0 saturated carbocycles. The molecule has 3 heteroatoms. The van der Waals surface area contributed by atoms with E-state index in [-0.39, 0.29) is 0 Å². The van der Waals surface area contributed by atoms with Gasteiger partial charge in [0.1, 0.15) is 0 Å². The van der Waals surface area contributed by atoms with E-state index < -0.39 is 0 Å². The fourth-order valence-electron chi connectivity index (χ4n) is 1.27. The fraction of sp³-hybridized carbons (Fsp3) is 0.455. The molecule has 1 nitrogen and oxygen atoms in total. The monoisotopic (exact) mass is 233 g/mol. The normalized spacial score (nSPS) is 8.93. The molecule has 0 spiro atoms. The zero-order chi connectivity index (χ0) is 11.0. The van der Waals surface area contributed by atoms with Gasteiger partial charge >= 0.3 is 0 Å². The number of alkyl halides is 1. The van der Waals surface area contributed by atoms with Crippen LogP contribution in [0, 0.1) is 0 Å². The first-order valence-corrected chi connectivity index (χ1v) is 5.80. The van der Waals surface area contributed by atoms with Crippen molar-refractivity contribution in [2.45, 2.75) is 13.8 Å². The second-order valence-electron chi connectivity index (χ2n) is 2.62. The van der Waals surface area contributed by atoms with Crippen molar-refractivity contribution in [2.24, 2.45) is 0 Å².